The van der Waals surface area contributed by atoms with Crippen LogP contribution in [-0.2, 0) is 11.3 Å². The van der Waals surface area contributed by atoms with Crippen molar-refractivity contribution in [3.8, 4) is 0 Å². The molecule has 6 heteroatoms. The Morgan fingerprint density at radius 3 is 2.63 bits per heavy atom. The minimum Gasteiger partial charge on any atom is -0.348 e. The number of halogens is 1. The third-order valence-electron chi connectivity index (χ3n) is 4.63. The second kappa shape index (κ2) is 9.04. The van der Waals surface area contributed by atoms with Crippen LogP contribution < -0.4 is 5.32 Å². The Morgan fingerprint density at radius 2 is 1.89 bits per heavy atom. The number of carbonyl (C=O) groups is 2. The van der Waals surface area contributed by atoms with E-state index in [4.69, 9.17) is 0 Å². The Hall–Kier alpha value is -2.34. The molecule has 0 spiro atoms. The third-order valence-corrected chi connectivity index (χ3v) is 5.69. The highest BCUT2D eigenvalue weighted by Gasteiger charge is 2.19. The van der Waals surface area contributed by atoms with Crippen molar-refractivity contribution in [2.45, 2.75) is 31.2 Å². The molecule has 1 N–H and O–H groups in total. The van der Waals surface area contributed by atoms with Gasteiger partial charge in [0.15, 0.2) is 0 Å². The molecular weight excluding hydrogens is 363 g/mol. The number of carbonyl (C=O) groups excluding carboxylic acids is 2. The van der Waals surface area contributed by atoms with Crippen molar-refractivity contribution in [1.82, 2.24) is 10.2 Å². The highest BCUT2D eigenvalue weighted by atomic mass is 32.2. The van der Waals surface area contributed by atoms with Crippen molar-refractivity contribution >= 4 is 23.6 Å². The number of nitrogens with zero attached hydrogens (tertiary/aromatic N) is 1. The third kappa shape index (κ3) is 5.10. The molecule has 3 rings (SSSR count). The van der Waals surface area contributed by atoms with Gasteiger partial charge in [-0.1, -0.05) is 24.3 Å². The van der Waals surface area contributed by atoms with Gasteiger partial charge >= 0.3 is 0 Å². The molecule has 1 aliphatic heterocycles. The average Bonchev–Trinajstić information content (AvgIpc) is 3.22. The number of rotatable bonds is 6. The molecule has 0 unspecified atom stereocenters. The van der Waals surface area contributed by atoms with Gasteiger partial charge in [0.1, 0.15) is 5.82 Å². The van der Waals surface area contributed by atoms with Gasteiger partial charge in [-0.3, -0.25) is 9.59 Å². The van der Waals surface area contributed by atoms with E-state index in [-0.39, 0.29) is 24.2 Å². The maximum atomic E-state index is 13.6. The average molecular weight is 386 g/mol. The van der Waals surface area contributed by atoms with Crippen molar-refractivity contribution in [2.75, 3.05) is 18.8 Å². The van der Waals surface area contributed by atoms with Gasteiger partial charge < -0.3 is 10.2 Å². The van der Waals surface area contributed by atoms with Crippen LogP contribution in [0.5, 0.6) is 0 Å². The van der Waals surface area contributed by atoms with Crippen LogP contribution in [0.2, 0.25) is 0 Å². The molecule has 1 saturated heterocycles. The molecule has 2 aromatic carbocycles. The fraction of sp³-hybridized carbons (Fsp3) is 0.333. The number of amides is 2. The number of likely N-dealkylation sites (tertiary alicyclic amines) is 1. The molecule has 0 radical (unpaired) electrons. The zero-order valence-corrected chi connectivity index (χ0v) is 16.2. The van der Waals surface area contributed by atoms with E-state index in [0.29, 0.717) is 22.4 Å². The van der Waals surface area contributed by atoms with E-state index in [2.05, 4.69) is 5.32 Å². The molecule has 0 atom stereocenters. The zero-order chi connectivity index (χ0) is 19.2. The largest absolute Gasteiger partial charge is 0.348 e. The lowest BCUT2D eigenvalue weighted by atomic mass is 10.1. The van der Waals surface area contributed by atoms with Crippen LogP contribution in [0.25, 0.3) is 0 Å². The monoisotopic (exact) mass is 386 g/mol. The Bertz CT molecular complexity index is 835. The highest BCUT2D eigenvalue weighted by molar-refractivity contribution is 8.00. The number of benzene rings is 2. The lowest BCUT2D eigenvalue weighted by Crippen LogP contribution is -2.29. The molecule has 0 bridgehead atoms. The predicted molar refractivity (Wildman–Crippen MR) is 105 cm³/mol. The van der Waals surface area contributed by atoms with Crippen LogP contribution in [0.3, 0.4) is 0 Å². The summed E-state index contributed by atoms with van der Waals surface area (Å²) in [4.78, 5) is 27.5. The van der Waals surface area contributed by atoms with Gasteiger partial charge in [0.2, 0.25) is 5.91 Å². The molecule has 2 amide bonds. The minimum absolute atomic E-state index is 0.114. The summed E-state index contributed by atoms with van der Waals surface area (Å²) in [6.07, 6.45) is 2.13. The molecule has 142 valence electrons. The Morgan fingerprint density at radius 1 is 1.15 bits per heavy atom. The SMILES string of the molecule is Cc1ccc(CNC(=O)c2ccccc2SCC(=O)N2CCCC2)cc1F. The van der Waals surface area contributed by atoms with E-state index in [1.807, 2.05) is 17.0 Å². The van der Waals surface area contributed by atoms with Crippen LogP contribution in [0.4, 0.5) is 4.39 Å². The van der Waals surface area contributed by atoms with E-state index in [1.54, 1.807) is 31.2 Å². The highest BCUT2D eigenvalue weighted by Crippen LogP contribution is 2.24. The summed E-state index contributed by atoms with van der Waals surface area (Å²) < 4.78 is 13.6. The van der Waals surface area contributed by atoms with Gasteiger partial charge in [-0.25, -0.2) is 4.39 Å². The molecular formula is C21H23FN2O2S. The summed E-state index contributed by atoms with van der Waals surface area (Å²) in [6, 6.07) is 12.2. The molecule has 27 heavy (non-hydrogen) atoms. The first kappa shape index (κ1) is 19.4. The molecule has 4 nitrogen and oxygen atoms in total. The standard InChI is InChI=1S/C21H23FN2O2S/c1-15-8-9-16(12-18(15)22)13-23-21(26)17-6-2-3-7-19(17)27-14-20(25)24-10-4-5-11-24/h2-3,6-9,12H,4-5,10-11,13-14H2,1H3,(H,23,26). The van der Waals surface area contributed by atoms with E-state index in [0.717, 1.165) is 30.8 Å². The van der Waals surface area contributed by atoms with Crippen molar-refractivity contribution in [3.63, 3.8) is 0 Å². The van der Waals surface area contributed by atoms with Gasteiger partial charge in [0, 0.05) is 24.5 Å². The van der Waals surface area contributed by atoms with E-state index in [9.17, 15) is 14.0 Å². The van der Waals surface area contributed by atoms with Crippen molar-refractivity contribution < 1.29 is 14.0 Å². The molecule has 0 aliphatic carbocycles. The summed E-state index contributed by atoms with van der Waals surface area (Å²) in [5.41, 5.74) is 1.82. The van der Waals surface area contributed by atoms with Gasteiger partial charge in [0.05, 0.1) is 11.3 Å². The second-order valence-corrected chi connectivity index (χ2v) is 7.66. The van der Waals surface area contributed by atoms with Crippen LogP contribution in [0.1, 0.15) is 34.3 Å². The maximum absolute atomic E-state index is 13.6. The molecule has 1 fully saturated rings. The zero-order valence-electron chi connectivity index (χ0n) is 15.3. The summed E-state index contributed by atoms with van der Waals surface area (Å²) in [6.45, 7) is 3.61. The summed E-state index contributed by atoms with van der Waals surface area (Å²) in [5, 5.41) is 2.83. The smallest absolute Gasteiger partial charge is 0.252 e. The number of nitrogens with one attached hydrogen (secondary N) is 1. The predicted octanol–water partition coefficient (Wildman–Crippen LogP) is 3.78. The first-order valence-electron chi connectivity index (χ1n) is 9.07. The molecule has 0 saturated carbocycles. The van der Waals surface area contributed by atoms with Crippen molar-refractivity contribution in [2.24, 2.45) is 0 Å². The molecule has 1 aliphatic rings. The number of thioether (sulfide) groups is 1. The van der Waals surface area contributed by atoms with Crippen LogP contribution >= 0.6 is 11.8 Å². The topological polar surface area (TPSA) is 49.4 Å². The molecule has 0 aromatic heterocycles. The Balaban J connectivity index is 1.60. The first-order chi connectivity index (χ1) is 13.0. The lowest BCUT2D eigenvalue weighted by Gasteiger charge is -2.15. The summed E-state index contributed by atoms with van der Waals surface area (Å²) >= 11 is 1.38. The lowest BCUT2D eigenvalue weighted by molar-refractivity contribution is -0.127. The fourth-order valence-electron chi connectivity index (χ4n) is 3.00. The normalized spacial score (nSPS) is 13.6. The second-order valence-electron chi connectivity index (χ2n) is 6.64. The first-order valence-corrected chi connectivity index (χ1v) is 10.1. The quantitative estimate of drug-likeness (QED) is 0.769. The number of hydrogen-bond acceptors (Lipinski definition) is 3. The Labute approximate surface area is 163 Å². The van der Waals surface area contributed by atoms with Crippen LogP contribution in [0, 0.1) is 12.7 Å². The molecule has 1 heterocycles. The van der Waals surface area contributed by atoms with Crippen LogP contribution in [0.15, 0.2) is 47.4 Å². The van der Waals surface area contributed by atoms with Crippen LogP contribution in [-0.4, -0.2) is 35.6 Å². The van der Waals surface area contributed by atoms with Gasteiger partial charge in [-0.05, 0) is 49.1 Å². The summed E-state index contributed by atoms with van der Waals surface area (Å²) in [7, 11) is 0. The van der Waals surface area contributed by atoms with E-state index >= 15 is 0 Å². The van der Waals surface area contributed by atoms with E-state index < -0.39 is 0 Å². The molecule has 2 aromatic rings. The minimum atomic E-state index is -0.280. The van der Waals surface area contributed by atoms with Gasteiger partial charge in [-0.2, -0.15) is 0 Å². The number of hydrogen-bond donors (Lipinski definition) is 1. The van der Waals surface area contributed by atoms with Gasteiger partial charge in [-0.15, -0.1) is 11.8 Å². The van der Waals surface area contributed by atoms with Crippen molar-refractivity contribution in [3.05, 3.63) is 65.0 Å². The Kier molecular flexibility index (Phi) is 6.50. The number of aryl methyl sites for hydroxylation is 1. The summed E-state index contributed by atoms with van der Waals surface area (Å²) in [5.74, 6) is -0.0679. The van der Waals surface area contributed by atoms with E-state index in [1.165, 1.54) is 17.8 Å². The van der Waals surface area contributed by atoms with Crippen molar-refractivity contribution in [1.29, 1.82) is 0 Å². The van der Waals surface area contributed by atoms with Gasteiger partial charge in [0.25, 0.3) is 5.91 Å². The maximum Gasteiger partial charge on any atom is 0.252 e. The fourth-order valence-corrected chi connectivity index (χ4v) is 3.95.